The highest BCUT2D eigenvalue weighted by molar-refractivity contribution is 6.03. The summed E-state index contributed by atoms with van der Waals surface area (Å²) in [6.45, 7) is 5.40. The molecule has 4 N–H and O–H groups in total. The number of oxazole rings is 1. The molecule has 1 saturated carbocycles. The topological polar surface area (TPSA) is 124 Å². The first kappa shape index (κ1) is 22.8. The molecule has 1 fully saturated rings. The Kier molecular flexibility index (Phi) is 6.33. The molecule has 0 spiro atoms. The maximum absolute atomic E-state index is 12.9. The Bertz CT molecular complexity index is 1320. The summed E-state index contributed by atoms with van der Waals surface area (Å²) in [7, 11) is 0. The monoisotopic (exact) mass is 471 g/mol. The number of carbonyl (C=O) groups is 1. The number of nitrogens with one attached hydrogen (secondary N) is 2. The summed E-state index contributed by atoms with van der Waals surface area (Å²) in [5.41, 5.74) is 10.0. The first-order valence-corrected chi connectivity index (χ1v) is 11.9. The molecule has 1 aromatic carbocycles. The Hall–Kier alpha value is -3.98. The van der Waals surface area contributed by atoms with Crippen molar-refractivity contribution in [3.05, 3.63) is 72.0 Å². The third kappa shape index (κ3) is 5.25. The number of anilines is 2. The number of aromatic nitrogens is 4. The van der Waals surface area contributed by atoms with Gasteiger partial charge >= 0.3 is 0 Å². The smallest absolute Gasteiger partial charge is 0.277 e. The highest BCUT2D eigenvalue weighted by Crippen LogP contribution is 2.29. The fraction of sp³-hybridized carbons (Fsp3) is 0.308. The van der Waals surface area contributed by atoms with Gasteiger partial charge in [-0.15, -0.1) is 0 Å². The van der Waals surface area contributed by atoms with Gasteiger partial charge in [0.05, 0.1) is 23.3 Å². The van der Waals surface area contributed by atoms with E-state index in [1.54, 1.807) is 23.1 Å². The van der Waals surface area contributed by atoms with Crippen LogP contribution in [0.25, 0.3) is 17.1 Å². The van der Waals surface area contributed by atoms with Gasteiger partial charge in [0.15, 0.2) is 5.69 Å². The molecule has 35 heavy (non-hydrogen) atoms. The number of pyridine rings is 1. The number of hydrogen-bond acceptors (Lipinski definition) is 7. The van der Waals surface area contributed by atoms with Crippen molar-refractivity contribution < 1.29 is 9.21 Å². The van der Waals surface area contributed by atoms with E-state index in [-0.39, 0.29) is 12.2 Å². The van der Waals surface area contributed by atoms with Crippen molar-refractivity contribution in [1.82, 2.24) is 19.7 Å². The van der Waals surface area contributed by atoms with Gasteiger partial charge in [0.25, 0.3) is 5.91 Å². The number of nitrogens with two attached hydrogens (primary N) is 1. The van der Waals surface area contributed by atoms with Crippen LogP contribution in [-0.4, -0.2) is 32.2 Å². The summed E-state index contributed by atoms with van der Waals surface area (Å²) >= 11 is 0. The van der Waals surface area contributed by atoms with Gasteiger partial charge in [0.1, 0.15) is 12.1 Å². The number of nitrogens with zero attached hydrogens (tertiary/aromatic N) is 4. The summed E-state index contributed by atoms with van der Waals surface area (Å²) in [6.07, 6.45) is 7.33. The molecule has 0 unspecified atom stereocenters. The van der Waals surface area contributed by atoms with Gasteiger partial charge in [-0.25, -0.2) is 14.6 Å². The summed E-state index contributed by atoms with van der Waals surface area (Å²) in [6, 6.07) is 11.8. The van der Waals surface area contributed by atoms with Crippen LogP contribution in [0.1, 0.15) is 54.4 Å². The number of rotatable bonds is 9. The Labute approximate surface area is 203 Å². The largest absolute Gasteiger partial charge is 0.444 e. The first-order chi connectivity index (χ1) is 17.0. The molecule has 0 radical (unpaired) electrons. The lowest BCUT2D eigenvalue weighted by molar-refractivity contribution is 0.102. The van der Waals surface area contributed by atoms with Crippen molar-refractivity contribution in [3.63, 3.8) is 0 Å². The van der Waals surface area contributed by atoms with Crippen LogP contribution in [-0.2, 0) is 6.54 Å². The molecule has 3 aromatic heterocycles. The highest BCUT2D eigenvalue weighted by Gasteiger charge is 2.21. The first-order valence-electron chi connectivity index (χ1n) is 11.9. The van der Waals surface area contributed by atoms with E-state index in [4.69, 9.17) is 10.2 Å². The Morgan fingerprint density at radius 1 is 1.23 bits per heavy atom. The molecule has 9 heteroatoms. The lowest BCUT2D eigenvalue weighted by atomic mass is 10.0. The zero-order valence-electron chi connectivity index (χ0n) is 19.9. The maximum atomic E-state index is 12.9. The zero-order chi connectivity index (χ0) is 24.4. The molecule has 1 amide bonds. The minimum absolute atomic E-state index is 0.168. The van der Waals surface area contributed by atoms with Gasteiger partial charge in [-0.1, -0.05) is 26.0 Å². The molecule has 9 nitrogen and oxygen atoms in total. The van der Waals surface area contributed by atoms with E-state index in [1.165, 1.54) is 24.7 Å². The third-order valence-corrected chi connectivity index (χ3v) is 6.07. The van der Waals surface area contributed by atoms with Gasteiger partial charge in [-0.3, -0.25) is 4.79 Å². The highest BCUT2D eigenvalue weighted by atomic mass is 16.3. The Morgan fingerprint density at radius 2 is 2.03 bits per heavy atom. The molecule has 180 valence electrons. The van der Waals surface area contributed by atoms with E-state index in [0.717, 1.165) is 29.5 Å². The molecular formula is C26H29N7O2. The molecule has 3 heterocycles. The van der Waals surface area contributed by atoms with Crippen LogP contribution in [0, 0.1) is 5.92 Å². The van der Waals surface area contributed by atoms with Gasteiger partial charge < -0.3 is 20.8 Å². The molecule has 5 rings (SSSR count). The molecule has 4 aromatic rings. The average Bonchev–Trinajstić information content (AvgIpc) is 3.41. The van der Waals surface area contributed by atoms with Crippen molar-refractivity contribution in [3.8, 4) is 17.1 Å². The van der Waals surface area contributed by atoms with Crippen molar-refractivity contribution in [1.29, 1.82) is 0 Å². The summed E-state index contributed by atoms with van der Waals surface area (Å²) in [4.78, 5) is 21.6. The van der Waals surface area contributed by atoms with Gasteiger partial charge in [-0.05, 0) is 54.5 Å². The fourth-order valence-electron chi connectivity index (χ4n) is 3.74. The van der Waals surface area contributed by atoms with Crippen LogP contribution in [0.15, 0.2) is 59.5 Å². The molecule has 0 aliphatic heterocycles. The average molecular weight is 472 g/mol. The molecule has 0 saturated heterocycles. The van der Waals surface area contributed by atoms with E-state index < -0.39 is 5.91 Å². The second-order valence-corrected chi connectivity index (χ2v) is 9.13. The van der Waals surface area contributed by atoms with Crippen LogP contribution in [0.2, 0.25) is 0 Å². The normalized spacial score (nSPS) is 13.3. The summed E-state index contributed by atoms with van der Waals surface area (Å²) < 4.78 is 7.30. The number of benzene rings is 1. The predicted octanol–water partition coefficient (Wildman–Crippen LogP) is 4.58. The molecule has 1 aliphatic rings. The van der Waals surface area contributed by atoms with Gasteiger partial charge in [0.2, 0.25) is 5.89 Å². The summed E-state index contributed by atoms with van der Waals surface area (Å²) in [5.74, 6) is 1.90. The van der Waals surface area contributed by atoms with Crippen molar-refractivity contribution >= 4 is 17.4 Å². The van der Waals surface area contributed by atoms with Crippen LogP contribution < -0.4 is 16.4 Å². The zero-order valence-corrected chi connectivity index (χ0v) is 19.9. The predicted molar refractivity (Wildman–Crippen MR) is 134 cm³/mol. The van der Waals surface area contributed by atoms with E-state index in [2.05, 4.69) is 51.7 Å². The maximum Gasteiger partial charge on any atom is 0.277 e. The fourth-order valence-corrected chi connectivity index (χ4v) is 3.74. The lowest BCUT2D eigenvalue weighted by Gasteiger charge is -2.06. The molecule has 1 aliphatic carbocycles. The van der Waals surface area contributed by atoms with Crippen LogP contribution >= 0.6 is 0 Å². The number of hydrogen-bond donors (Lipinski definition) is 3. The quantitative estimate of drug-likeness (QED) is 0.326. The third-order valence-electron chi connectivity index (χ3n) is 6.07. The molecule has 0 bridgehead atoms. The van der Waals surface area contributed by atoms with Crippen LogP contribution in [0.4, 0.5) is 11.5 Å². The van der Waals surface area contributed by atoms with Gasteiger partial charge in [-0.2, -0.15) is 5.10 Å². The Balaban J connectivity index is 1.30. The van der Waals surface area contributed by atoms with E-state index in [1.807, 2.05) is 18.2 Å². The van der Waals surface area contributed by atoms with E-state index in [0.29, 0.717) is 23.2 Å². The minimum Gasteiger partial charge on any atom is -0.444 e. The Morgan fingerprint density at radius 3 is 2.74 bits per heavy atom. The second kappa shape index (κ2) is 9.71. The van der Waals surface area contributed by atoms with E-state index >= 15 is 0 Å². The standard InChI is InChI=1S/C26H29N7O2/c1-16(2)18-5-7-20(8-6-18)33-14-22(21(12-27)32-33)30-25(34)23-15-35-26(31-23)19-9-10-28-24(11-19)29-13-17-3-4-17/h5-11,14-17H,3-4,12-13,27H2,1-2H3,(H,28,29)(H,30,34). The van der Waals surface area contributed by atoms with Crippen LogP contribution in [0.5, 0.6) is 0 Å². The van der Waals surface area contributed by atoms with Gasteiger partial charge in [0, 0.05) is 24.8 Å². The minimum atomic E-state index is -0.398. The molecule has 0 atom stereocenters. The lowest BCUT2D eigenvalue weighted by Crippen LogP contribution is -2.14. The summed E-state index contributed by atoms with van der Waals surface area (Å²) in [5, 5.41) is 10.7. The second-order valence-electron chi connectivity index (χ2n) is 9.13. The molecular weight excluding hydrogens is 442 g/mol. The van der Waals surface area contributed by atoms with Crippen molar-refractivity contribution in [2.24, 2.45) is 11.7 Å². The number of carbonyl (C=O) groups excluding carboxylic acids is 1. The van der Waals surface area contributed by atoms with Crippen LogP contribution in [0.3, 0.4) is 0 Å². The van der Waals surface area contributed by atoms with E-state index in [9.17, 15) is 4.79 Å². The van der Waals surface area contributed by atoms with Crippen molar-refractivity contribution in [2.75, 3.05) is 17.2 Å². The van der Waals surface area contributed by atoms with Crippen molar-refractivity contribution in [2.45, 2.75) is 39.2 Å². The SMILES string of the molecule is CC(C)c1ccc(-n2cc(NC(=O)c3coc(-c4ccnc(NCC5CC5)c4)n3)c(CN)n2)cc1. The number of amides is 1.